The molecule has 124 valence electrons. The van der Waals surface area contributed by atoms with Crippen molar-refractivity contribution in [2.45, 2.75) is 26.4 Å². The molecule has 0 spiro atoms. The normalized spacial score (nSPS) is 11.0. The van der Waals surface area contributed by atoms with Crippen molar-refractivity contribution < 1.29 is 4.74 Å². The highest BCUT2D eigenvalue weighted by Crippen LogP contribution is 2.22. The minimum Gasteiger partial charge on any atom is -0.486 e. The predicted octanol–water partition coefficient (Wildman–Crippen LogP) is 3.77. The van der Waals surface area contributed by atoms with E-state index in [1.165, 1.54) is 5.56 Å². The number of nitrogens with two attached hydrogens (primary N) is 1. The van der Waals surface area contributed by atoms with Crippen LogP contribution >= 0.6 is 0 Å². The third kappa shape index (κ3) is 3.40. The standard InChI is InChI=1S/C19H22N4O/c1-13(2)15-5-4-6-17(11-15)24-12-18-21-22-19(23(18)3)14-7-9-16(20)10-8-14/h4-11,13H,12,20H2,1-3H3. The molecule has 1 heterocycles. The highest BCUT2D eigenvalue weighted by Gasteiger charge is 2.11. The van der Waals surface area contributed by atoms with Gasteiger partial charge in [0.05, 0.1) is 0 Å². The van der Waals surface area contributed by atoms with E-state index in [0.29, 0.717) is 12.5 Å². The average Bonchev–Trinajstić information content (AvgIpc) is 2.95. The Balaban J connectivity index is 1.75. The first-order chi connectivity index (χ1) is 11.5. The minimum absolute atomic E-state index is 0.375. The van der Waals surface area contributed by atoms with Gasteiger partial charge in [0.25, 0.3) is 0 Å². The number of aromatic nitrogens is 3. The number of hydrogen-bond acceptors (Lipinski definition) is 4. The molecule has 0 radical (unpaired) electrons. The number of hydrogen-bond donors (Lipinski definition) is 1. The number of nitrogen functional groups attached to an aromatic ring is 1. The van der Waals surface area contributed by atoms with Gasteiger partial charge in [-0.15, -0.1) is 10.2 Å². The summed E-state index contributed by atoms with van der Waals surface area (Å²) in [5.41, 5.74) is 8.70. The molecule has 5 nitrogen and oxygen atoms in total. The number of nitrogens with zero attached hydrogens (tertiary/aromatic N) is 3. The number of benzene rings is 2. The Morgan fingerprint density at radius 2 is 1.83 bits per heavy atom. The maximum Gasteiger partial charge on any atom is 0.171 e. The van der Waals surface area contributed by atoms with Crippen LogP contribution in [0.5, 0.6) is 5.75 Å². The van der Waals surface area contributed by atoms with Gasteiger partial charge in [-0.3, -0.25) is 0 Å². The van der Waals surface area contributed by atoms with Crippen LogP contribution in [0.2, 0.25) is 0 Å². The van der Waals surface area contributed by atoms with E-state index in [1.807, 2.05) is 48.0 Å². The van der Waals surface area contributed by atoms with Crippen LogP contribution in [0.25, 0.3) is 11.4 Å². The molecule has 0 amide bonds. The molecule has 2 aromatic carbocycles. The van der Waals surface area contributed by atoms with Crippen LogP contribution in [0.4, 0.5) is 5.69 Å². The summed E-state index contributed by atoms with van der Waals surface area (Å²) in [6.07, 6.45) is 0. The fraction of sp³-hybridized carbons (Fsp3) is 0.263. The largest absolute Gasteiger partial charge is 0.486 e. The first-order valence-corrected chi connectivity index (χ1v) is 8.01. The van der Waals surface area contributed by atoms with E-state index in [2.05, 4.69) is 36.2 Å². The minimum atomic E-state index is 0.375. The van der Waals surface area contributed by atoms with Gasteiger partial charge in [0.15, 0.2) is 11.6 Å². The molecule has 2 N–H and O–H groups in total. The Hall–Kier alpha value is -2.82. The molecule has 0 bridgehead atoms. The van der Waals surface area contributed by atoms with Crippen molar-refractivity contribution in [3.05, 3.63) is 59.9 Å². The van der Waals surface area contributed by atoms with Crippen LogP contribution in [0.3, 0.4) is 0 Å². The van der Waals surface area contributed by atoms with Gasteiger partial charge in [0.1, 0.15) is 12.4 Å². The van der Waals surface area contributed by atoms with Crippen LogP contribution in [-0.4, -0.2) is 14.8 Å². The molecular weight excluding hydrogens is 300 g/mol. The maximum atomic E-state index is 5.89. The summed E-state index contributed by atoms with van der Waals surface area (Å²) < 4.78 is 7.83. The van der Waals surface area contributed by atoms with Crippen molar-refractivity contribution in [2.75, 3.05) is 5.73 Å². The Morgan fingerprint density at radius 1 is 1.08 bits per heavy atom. The first kappa shape index (κ1) is 16.1. The quantitative estimate of drug-likeness (QED) is 0.726. The summed E-state index contributed by atoms with van der Waals surface area (Å²) in [7, 11) is 1.94. The number of rotatable bonds is 5. The second kappa shape index (κ2) is 6.74. The van der Waals surface area contributed by atoms with Crippen LogP contribution < -0.4 is 10.5 Å². The van der Waals surface area contributed by atoms with Gasteiger partial charge < -0.3 is 15.0 Å². The summed E-state index contributed by atoms with van der Waals surface area (Å²) >= 11 is 0. The average molecular weight is 322 g/mol. The zero-order chi connectivity index (χ0) is 17.1. The lowest BCUT2D eigenvalue weighted by Crippen LogP contribution is -2.04. The molecule has 0 aliphatic heterocycles. The summed E-state index contributed by atoms with van der Waals surface area (Å²) in [6, 6.07) is 15.8. The lowest BCUT2D eigenvalue weighted by atomic mass is 10.0. The Bertz CT molecular complexity index is 822. The lowest BCUT2D eigenvalue weighted by molar-refractivity contribution is 0.291. The molecule has 0 aliphatic carbocycles. The van der Waals surface area contributed by atoms with E-state index < -0.39 is 0 Å². The molecule has 1 aromatic heterocycles. The van der Waals surface area contributed by atoms with Crippen LogP contribution in [-0.2, 0) is 13.7 Å². The van der Waals surface area contributed by atoms with Gasteiger partial charge in [0.2, 0.25) is 0 Å². The summed E-state index contributed by atoms with van der Waals surface area (Å²) in [4.78, 5) is 0. The third-order valence-corrected chi connectivity index (χ3v) is 4.03. The van der Waals surface area contributed by atoms with Gasteiger partial charge in [-0.2, -0.15) is 0 Å². The molecule has 0 atom stereocenters. The highest BCUT2D eigenvalue weighted by atomic mass is 16.5. The van der Waals surface area contributed by atoms with E-state index in [9.17, 15) is 0 Å². The molecule has 5 heteroatoms. The predicted molar refractivity (Wildman–Crippen MR) is 95.7 cm³/mol. The van der Waals surface area contributed by atoms with Crippen molar-refractivity contribution in [1.29, 1.82) is 0 Å². The molecule has 0 saturated carbocycles. The smallest absolute Gasteiger partial charge is 0.171 e. The van der Waals surface area contributed by atoms with E-state index in [1.54, 1.807) is 0 Å². The Kier molecular flexibility index (Phi) is 4.51. The Labute approximate surface area is 142 Å². The third-order valence-electron chi connectivity index (χ3n) is 4.03. The van der Waals surface area contributed by atoms with E-state index in [-0.39, 0.29) is 0 Å². The highest BCUT2D eigenvalue weighted by molar-refractivity contribution is 5.58. The molecule has 0 fully saturated rings. The Morgan fingerprint density at radius 3 is 2.54 bits per heavy atom. The van der Waals surface area contributed by atoms with Gasteiger partial charge in [0, 0.05) is 18.3 Å². The topological polar surface area (TPSA) is 66.0 Å². The van der Waals surface area contributed by atoms with E-state index in [0.717, 1.165) is 28.6 Å². The van der Waals surface area contributed by atoms with Crippen molar-refractivity contribution in [3.63, 3.8) is 0 Å². The van der Waals surface area contributed by atoms with Crippen molar-refractivity contribution in [1.82, 2.24) is 14.8 Å². The molecular formula is C19H22N4O. The summed E-state index contributed by atoms with van der Waals surface area (Å²) in [5.74, 6) is 2.89. The zero-order valence-electron chi connectivity index (χ0n) is 14.2. The summed E-state index contributed by atoms with van der Waals surface area (Å²) in [6.45, 7) is 4.71. The van der Waals surface area contributed by atoms with Crippen molar-refractivity contribution >= 4 is 5.69 Å². The monoisotopic (exact) mass is 322 g/mol. The SMILES string of the molecule is CC(C)c1cccc(OCc2nnc(-c3ccc(N)cc3)n2C)c1. The lowest BCUT2D eigenvalue weighted by Gasteiger charge is -2.10. The summed E-state index contributed by atoms with van der Waals surface area (Å²) in [5, 5.41) is 8.51. The maximum absolute atomic E-state index is 5.89. The molecule has 0 saturated heterocycles. The van der Waals surface area contributed by atoms with E-state index >= 15 is 0 Å². The van der Waals surface area contributed by atoms with Gasteiger partial charge in [-0.1, -0.05) is 26.0 Å². The van der Waals surface area contributed by atoms with Gasteiger partial charge >= 0.3 is 0 Å². The van der Waals surface area contributed by atoms with Crippen LogP contribution in [0.15, 0.2) is 48.5 Å². The molecule has 3 aromatic rings. The van der Waals surface area contributed by atoms with Crippen LogP contribution in [0.1, 0.15) is 31.2 Å². The second-order valence-electron chi connectivity index (χ2n) is 6.14. The van der Waals surface area contributed by atoms with Crippen molar-refractivity contribution in [3.8, 4) is 17.1 Å². The number of ether oxygens (including phenoxy) is 1. The molecule has 3 rings (SSSR count). The fourth-order valence-electron chi connectivity index (χ4n) is 2.48. The second-order valence-corrected chi connectivity index (χ2v) is 6.14. The zero-order valence-corrected chi connectivity index (χ0v) is 14.2. The fourth-order valence-corrected chi connectivity index (χ4v) is 2.48. The molecule has 0 unspecified atom stereocenters. The van der Waals surface area contributed by atoms with Gasteiger partial charge in [-0.05, 0) is 47.9 Å². The molecule has 24 heavy (non-hydrogen) atoms. The van der Waals surface area contributed by atoms with Crippen LogP contribution in [0, 0.1) is 0 Å². The van der Waals surface area contributed by atoms with Crippen molar-refractivity contribution in [2.24, 2.45) is 7.05 Å². The number of anilines is 1. The molecule has 0 aliphatic rings. The van der Waals surface area contributed by atoms with Gasteiger partial charge in [-0.25, -0.2) is 0 Å². The first-order valence-electron chi connectivity index (χ1n) is 8.01. The van der Waals surface area contributed by atoms with E-state index in [4.69, 9.17) is 10.5 Å².